The summed E-state index contributed by atoms with van der Waals surface area (Å²) in [6, 6.07) is 9.38. The van der Waals surface area contributed by atoms with Crippen LogP contribution >= 0.6 is 11.8 Å². The molecule has 24 heavy (non-hydrogen) atoms. The van der Waals surface area contributed by atoms with Crippen LogP contribution in [0.1, 0.15) is 24.8 Å². The van der Waals surface area contributed by atoms with Gasteiger partial charge in [-0.1, -0.05) is 37.3 Å². The van der Waals surface area contributed by atoms with Crippen molar-refractivity contribution in [2.75, 3.05) is 7.11 Å². The first kappa shape index (κ1) is 17.7. The Kier molecular flexibility index (Phi) is 6.14. The topological polar surface area (TPSA) is 96.9 Å². The number of amides is 2. The molecule has 0 bridgehead atoms. The van der Waals surface area contributed by atoms with Crippen LogP contribution in [0.15, 0.2) is 46.4 Å². The van der Waals surface area contributed by atoms with Gasteiger partial charge in [0.2, 0.25) is 5.91 Å². The van der Waals surface area contributed by atoms with Crippen LogP contribution in [0.5, 0.6) is 0 Å². The van der Waals surface area contributed by atoms with Gasteiger partial charge in [-0.25, -0.2) is 10.2 Å². The van der Waals surface area contributed by atoms with E-state index in [1.54, 1.807) is 0 Å². The van der Waals surface area contributed by atoms with E-state index >= 15 is 0 Å². The minimum atomic E-state index is -0.631. The Morgan fingerprint density at radius 2 is 2.08 bits per heavy atom. The third-order valence-electron chi connectivity index (χ3n) is 3.30. The van der Waals surface area contributed by atoms with E-state index in [1.165, 1.54) is 7.11 Å². The van der Waals surface area contributed by atoms with Crippen molar-refractivity contribution < 1.29 is 19.1 Å². The second kappa shape index (κ2) is 8.30. The highest BCUT2D eigenvalue weighted by Crippen LogP contribution is 2.23. The van der Waals surface area contributed by atoms with Crippen molar-refractivity contribution in [3.05, 3.63) is 46.9 Å². The van der Waals surface area contributed by atoms with Crippen molar-refractivity contribution >= 4 is 34.7 Å². The lowest BCUT2D eigenvalue weighted by molar-refractivity contribution is -0.135. The number of carbonyl (C=O) groups is 3. The summed E-state index contributed by atoms with van der Waals surface area (Å²) < 4.78 is 4.47. The minimum absolute atomic E-state index is 0.157. The Hall–Kier alpha value is -2.61. The number of benzene rings is 1. The van der Waals surface area contributed by atoms with E-state index in [9.17, 15) is 14.4 Å². The molecule has 2 rings (SSSR count). The molecule has 1 aromatic rings. The third-order valence-corrected chi connectivity index (χ3v) is 4.21. The number of nitrogens with zero attached hydrogens (tertiary/aromatic N) is 1. The highest BCUT2D eigenvalue weighted by Gasteiger charge is 2.26. The number of carbonyl (C=O) groups excluding carboxylic acids is 3. The van der Waals surface area contributed by atoms with Crippen molar-refractivity contribution in [2.24, 2.45) is 5.10 Å². The number of ether oxygens (including phenoxy) is 1. The SMILES string of the molecule is CCC(C(=O)N/N=C1/NC(=O)/C(=C/C(=O)OC)S1)c1ccccc1. The van der Waals surface area contributed by atoms with E-state index in [-0.39, 0.29) is 21.9 Å². The van der Waals surface area contributed by atoms with Crippen LogP contribution in [0.4, 0.5) is 0 Å². The zero-order valence-corrected chi connectivity index (χ0v) is 14.1. The number of esters is 1. The Morgan fingerprint density at radius 1 is 1.38 bits per heavy atom. The molecule has 1 aromatic carbocycles. The fraction of sp³-hybridized carbons (Fsp3) is 0.250. The van der Waals surface area contributed by atoms with E-state index in [4.69, 9.17) is 0 Å². The van der Waals surface area contributed by atoms with E-state index in [2.05, 4.69) is 20.6 Å². The van der Waals surface area contributed by atoms with Crippen LogP contribution < -0.4 is 10.7 Å². The summed E-state index contributed by atoms with van der Waals surface area (Å²) in [5, 5.41) is 6.58. The van der Waals surface area contributed by atoms with Crippen molar-refractivity contribution in [1.82, 2.24) is 10.7 Å². The molecule has 0 saturated carbocycles. The predicted molar refractivity (Wildman–Crippen MR) is 90.9 cm³/mol. The second-order valence-corrected chi connectivity index (χ2v) is 5.88. The standard InChI is InChI=1S/C16H17N3O4S/c1-3-11(10-7-5-4-6-8-10)14(21)18-19-16-17-15(22)12(24-16)9-13(20)23-2/h4-9,11H,3H2,1-2H3,(H,18,21)(H,17,19,22)/b12-9-. The molecule has 0 aromatic heterocycles. The molecule has 7 nitrogen and oxygen atoms in total. The molecule has 126 valence electrons. The van der Waals surface area contributed by atoms with Gasteiger partial charge < -0.3 is 4.74 Å². The molecule has 0 spiro atoms. The molecule has 1 atom stereocenters. The maximum Gasteiger partial charge on any atom is 0.331 e. The van der Waals surface area contributed by atoms with Gasteiger partial charge in [0.15, 0.2) is 5.17 Å². The molecule has 1 fully saturated rings. The van der Waals surface area contributed by atoms with Crippen molar-refractivity contribution in [3.8, 4) is 0 Å². The van der Waals surface area contributed by atoms with Crippen LogP contribution in [0.3, 0.4) is 0 Å². The average Bonchev–Trinajstić information content (AvgIpc) is 2.94. The maximum absolute atomic E-state index is 12.3. The van der Waals surface area contributed by atoms with Gasteiger partial charge in [-0.05, 0) is 23.7 Å². The van der Waals surface area contributed by atoms with Crippen LogP contribution in [-0.4, -0.2) is 30.1 Å². The lowest BCUT2D eigenvalue weighted by atomic mass is 9.96. The van der Waals surface area contributed by atoms with E-state index in [1.807, 2.05) is 37.3 Å². The predicted octanol–water partition coefficient (Wildman–Crippen LogP) is 1.49. The van der Waals surface area contributed by atoms with Gasteiger partial charge in [-0.3, -0.25) is 14.9 Å². The Labute approximate surface area is 143 Å². The summed E-state index contributed by atoms with van der Waals surface area (Å²) in [7, 11) is 1.22. The van der Waals surface area contributed by atoms with Gasteiger partial charge in [-0.2, -0.15) is 0 Å². The van der Waals surface area contributed by atoms with E-state index in [0.29, 0.717) is 6.42 Å². The molecular formula is C16H17N3O4S. The smallest absolute Gasteiger partial charge is 0.331 e. The van der Waals surface area contributed by atoms with Crippen molar-refractivity contribution in [1.29, 1.82) is 0 Å². The quantitative estimate of drug-likeness (QED) is 0.478. The largest absolute Gasteiger partial charge is 0.466 e. The Bertz CT molecular complexity index is 701. The summed E-state index contributed by atoms with van der Waals surface area (Å²) in [5.74, 6) is -1.69. The molecule has 0 radical (unpaired) electrons. The van der Waals surface area contributed by atoms with Crippen LogP contribution in [0.25, 0.3) is 0 Å². The van der Waals surface area contributed by atoms with Gasteiger partial charge in [0.05, 0.1) is 17.9 Å². The van der Waals surface area contributed by atoms with Gasteiger partial charge in [0.1, 0.15) is 0 Å². The first-order chi connectivity index (χ1) is 11.5. The molecule has 1 unspecified atom stereocenters. The molecule has 1 saturated heterocycles. The normalized spacial score (nSPS) is 18.3. The highest BCUT2D eigenvalue weighted by molar-refractivity contribution is 8.18. The summed E-state index contributed by atoms with van der Waals surface area (Å²) in [6.07, 6.45) is 1.69. The fourth-order valence-corrected chi connectivity index (χ4v) is 2.83. The zero-order chi connectivity index (χ0) is 17.5. The lowest BCUT2D eigenvalue weighted by Gasteiger charge is -2.13. The molecule has 2 N–H and O–H groups in total. The number of thioether (sulfide) groups is 1. The van der Waals surface area contributed by atoms with Crippen molar-refractivity contribution in [2.45, 2.75) is 19.3 Å². The highest BCUT2D eigenvalue weighted by atomic mass is 32.2. The number of amidine groups is 1. The lowest BCUT2D eigenvalue weighted by Crippen LogP contribution is -2.28. The number of rotatable bonds is 5. The summed E-state index contributed by atoms with van der Waals surface area (Å²) in [6.45, 7) is 1.91. The number of hydrogen-bond acceptors (Lipinski definition) is 6. The third kappa shape index (κ3) is 4.45. The van der Waals surface area contributed by atoms with Crippen molar-refractivity contribution in [3.63, 3.8) is 0 Å². The van der Waals surface area contributed by atoms with Crippen LogP contribution in [0.2, 0.25) is 0 Å². The van der Waals surface area contributed by atoms with Gasteiger partial charge in [0, 0.05) is 6.08 Å². The van der Waals surface area contributed by atoms with E-state index < -0.39 is 11.9 Å². The van der Waals surface area contributed by atoms with Gasteiger partial charge >= 0.3 is 5.97 Å². The number of nitrogens with one attached hydrogen (secondary N) is 2. The summed E-state index contributed by atoms with van der Waals surface area (Å²) in [4.78, 5) is 35.3. The molecule has 0 aliphatic carbocycles. The molecule has 1 aliphatic rings. The maximum atomic E-state index is 12.3. The average molecular weight is 347 g/mol. The number of hydrogen-bond donors (Lipinski definition) is 2. The van der Waals surface area contributed by atoms with Crippen LogP contribution in [0, 0.1) is 0 Å². The summed E-state index contributed by atoms with van der Waals surface area (Å²) >= 11 is 0.954. The number of methoxy groups -OCH3 is 1. The summed E-state index contributed by atoms with van der Waals surface area (Å²) in [5.41, 5.74) is 3.35. The second-order valence-electron chi connectivity index (χ2n) is 4.85. The van der Waals surface area contributed by atoms with E-state index in [0.717, 1.165) is 23.4 Å². The fourth-order valence-electron chi connectivity index (χ4n) is 2.09. The molecule has 1 aliphatic heterocycles. The van der Waals surface area contributed by atoms with Gasteiger partial charge in [0.25, 0.3) is 5.91 Å². The Balaban J connectivity index is 2.03. The number of hydrazone groups is 1. The van der Waals surface area contributed by atoms with Crippen LogP contribution in [-0.2, 0) is 19.1 Å². The molecular weight excluding hydrogens is 330 g/mol. The monoisotopic (exact) mass is 347 g/mol. The zero-order valence-electron chi connectivity index (χ0n) is 13.2. The minimum Gasteiger partial charge on any atom is -0.466 e. The molecule has 2 amide bonds. The molecule has 8 heteroatoms. The Morgan fingerprint density at radius 3 is 2.71 bits per heavy atom. The van der Waals surface area contributed by atoms with Gasteiger partial charge in [-0.15, -0.1) is 5.10 Å². The molecule has 1 heterocycles. The first-order valence-electron chi connectivity index (χ1n) is 7.26. The first-order valence-corrected chi connectivity index (χ1v) is 8.08.